The minimum Gasteiger partial charge on any atom is -0.465 e. The molecule has 1 aromatic rings. The van der Waals surface area contributed by atoms with Gasteiger partial charge in [-0.25, -0.2) is 13.6 Å². The molecule has 0 amide bonds. The van der Waals surface area contributed by atoms with Gasteiger partial charge >= 0.3 is 5.97 Å². The molecule has 1 saturated heterocycles. The lowest BCUT2D eigenvalue weighted by Crippen LogP contribution is -2.39. The average molecular weight is 284 g/mol. The van der Waals surface area contributed by atoms with Crippen LogP contribution in [-0.2, 0) is 4.74 Å². The Morgan fingerprint density at radius 1 is 1.45 bits per heavy atom. The van der Waals surface area contributed by atoms with E-state index in [2.05, 4.69) is 4.74 Å². The normalized spacial score (nSPS) is 19.0. The van der Waals surface area contributed by atoms with Crippen LogP contribution in [0.15, 0.2) is 12.1 Å². The molecule has 0 bridgehead atoms. The largest absolute Gasteiger partial charge is 0.465 e. The summed E-state index contributed by atoms with van der Waals surface area (Å²) < 4.78 is 32.4. The Balaban J connectivity index is 2.29. The van der Waals surface area contributed by atoms with Crippen molar-refractivity contribution in [3.63, 3.8) is 0 Å². The topological polar surface area (TPSA) is 55.6 Å². The molecule has 0 radical (unpaired) electrons. The lowest BCUT2D eigenvalue weighted by atomic mass is 9.97. The minimum absolute atomic E-state index is 0.174. The number of carbonyl (C=O) groups excluding carboxylic acids is 1. The summed E-state index contributed by atoms with van der Waals surface area (Å²) in [6.45, 7) is 1.79. The van der Waals surface area contributed by atoms with E-state index in [-0.39, 0.29) is 17.2 Å². The molecule has 1 atom stereocenters. The third-order valence-corrected chi connectivity index (χ3v) is 3.66. The van der Waals surface area contributed by atoms with Crippen LogP contribution in [0.1, 0.15) is 23.2 Å². The van der Waals surface area contributed by atoms with Crippen LogP contribution in [-0.4, -0.2) is 32.7 Å². The van der Waals surface area contributed by atoms with Gasteiger partial charge in [0.15, 0.2) is 11.6 Å². The predicted molar refractivity (Wildman–Crippen MR) is 71.7 cm³/mol. The first-order valence-corrected chi connectivity index (χ1v) is 6.59. The quantitative estimate of drug-likeness (QED) is 0.862. The monoisotopic (exact) mass is 284 g/mol. The van der Waals surface area contributed by atoms with Crippen LogP contribution in [0.3, 0.4) is 0 Å². The van der Waals surface area contributed by atoms with Crippen LogP contribution in [0.4, 0.5) is 14.5 Å². The lowest BCUT2D eigenvalue weighted by Gasteiger charge is -2.34. The summed E-state index contributed by atoms with van der Waals surface area (Å²) in [4.78, 5) is 13.1. The van der Waals surface area contributed by atoms with E-state index in [0.717, 1.165) is 20.0 Å². The first-order chi connectivity index (χ1) is 9.58. The summed E-state index contributed by atoms with van der Waals surface area (Å²) in [6.07, 6.45) is 1.89. The molecule has 1 aromatic carbocycles. The molecule has 0 saturated carbocycles. The van der Waals surface area contributed by atoms with Crippen molar-refractivity contribution < 1.29 is 18.3 Å². The zero-order valence-corrected chi connectivity index (χ0v) is 11.4. The molecule has 6 heteroatoms. The molecular formula is C14H18F2N2O2. The molecular weight excluding hydrogens is 266 g/mol. The number of carbonyl (C=O) groups is 1. The number of nitrogens with two attached hydrogens (primary N) is 1. The second-order valence-corrected chi connectivity index (χ2v) is 4.94. The Hall–Kier alpha value is -1.69. The van der Waals surface area contributed by atoms with Crippen molar-refractivity contribution in [3.8, 4) is 0 Å². The number of anilines is 1. The smallest absolute Gasteiger partial charge is 0.340 e. The molecule has 2 rings (SSSR count). The fourth-order valence-corrected chi connectivity index (χ4v) is 2.53. The van der Waals surface area contributed by atoms with Gasteiger partial charge in [-0.15, -0.1) is 0 Å². The molecule has 1 fully saturated rings. The molecule has 0 aromatic heterocycles. The highest BCUT2D eigenvalue weighted by molar-refractivity contribution is 5.90. The number of nitrogens with zero attached hydrogens (tertiary/aromatic N) is 1. The summed E-state index contributed by atoms with van der Waals surface area (Å²) in [5.74, 6) is -2.77. The number of hydrogen-bond donors (Lipinski definition) is 1. The fraction of sp³-hybridized carbons (Fsp3) is 0.500. The van der Waals surface area contributed by atoms with Crippen LogP contribution in [0.2, 0.25) is 0 Å². The molecule has 1 heterocycles. The van der Waals surface area contributed by atoms with Gasteiger partial charge in [0.2, 0.25) is 0 Å². The number of esters is 1. The number of piperidine rings is 1. The SMILES string of the molecule is COC(=O)c1ccc(N2CCCC(CN)C2)c(F)c1F. The lowest BCUT2D eigenvalue weighted by molar-refractivity contribution is 0.0594. The average Bonchev–Trinajstić information content (AvgIpc) is 2.49. The van der Waals surface area contributed by atoms with E-state index in [1.54, 1.807) is 4.90 Å². The molecule has 1 aliphatic rings. The van der Waals surface area contributed by atoms with Crippen molar-refractivity contribution >= 4 is 11.7 Å². The van der Waals surface area contributed by atoms with E-state index in [0.29, 0.717) is 19.6 Å². The number of ether oxygens (including phenoxy) is 1. The van der Waals surface area contributed by atoms with Crippen molar-refractivity contribution in [2.24, 2.45) is 11.7 Å². The maximum Gasteiger partial charge on any atom is 0.340 e. The Bertz CT molecular complexity index is 508. The summed E-state index contributed by atoms with van der Waals surface area (Å²) >= 11 is 0. The first kappa shape index (κ1) is 14.7. The standard InChI is InChI=1S/C14H18F2N2O2/c1-20-14(19)10-4-5-11(13(16)12(10)15)18-6-2-3-9(7-17)8-18/h4-5,9H,2-3,6-8,17H2,1H3. The van der Waals surface area contributed by atoms with Gasteiger partial charge in [0.05, 0.1) is 18.4 Å². The predicted octanol–water partition coefficient (Wildman–Crippen LogP) is 1.93. The maximum absolute atomic E-state index is 14.1. The molecule has 2 N–H and O–H groups in total. The van der Waals surface area contributed by atoms with Crippen molar-refractivity contribution in [1.82, 2.24) is 0 Å². The number of hydrogen-bond acceptors (Lipinski definition) is 4. The Labute approximate surface area is 116 Å². The van der Waals surface area contributed by atoms with Gasteiger partial charge in [0.1, 0.15) is 0 Å². The summed E-state index contributed by atoms with van der Waals surface area (Å²) in [5.41, 5.74) is 5.42. The minimum atomic E-state index is -1.16. The Morgan fingerprint density at radius 2 is 2.20 bits per heavy atom. The second kappa shape index (κ2) is 6.17. The summed E-state index contributed by atoms with van der Waals surface area (Å²) in [6, 6.07) is 2.68. The Kier molecular flexibility index (Phi) is 4.54. The van der Waals surface area contributed by atoms with Gasteiger partial charge in [0.25, 0.3) is 0 Å². The van der Waals surface area contributed by atoms with Crippen molar-refractivity contribution in [2.45, 2.75) is 12.8 Å². The van der Waals surface area contributed by atoms with E-state index >= 15 is 0 Å². The Morgan fingerprint density at radius 3 is 2.85 bits per heavy atom. The van der Waals surface area contributed by atoms with Crippen molar-refractivity contribution in [2.75, 3.05) is 31.6 Å². The highest BCUT2D eigenvalue weighted by Crippen LogP contribution is 2.28. The molecule has 110 valence electrons. The first-order valence-electron chi connectivity index (χ1n) is 6.59. The molecule has 1 aliphatic heterocycles. The van der Waals surface area contributed by atoms with Gasteiger partial charge in [-0.1, -0.05) is 0 Å². The number of benzene rings is 1. The van der Waals surface area contributed by atoms with Crippen LogP contribution < -0.4 is 10.6 Å². The van der Waals surface area contributed by atoms with E-state index in [9.17, 15) is 13.6 Å². The fourth-order valence-electron chi connectivity index (χ4n) is 2.53. The van der Waals surface area contributed by atoms with Gasteiger partial charge < -0.3 is 15.4 Å². The summed E-state index contributed by atoms with van der Waals surface area (Å²) in [7, 11) is 1.13. The maximum atomic E-state index is 14.1. The van der Waals surface area contributed by atoms with E-state index in [1.165, 1.54) is 12.1 Å². The zero-order valence-electron chi connectivity index (χ0n) is 11.4. The molecule has 0 spiro atoms. The van der Waals surface area contributed by atoms with Crippen LogP contribution in [0, 0.1) is 17.6 Å². The van der Waals surface area contributed by atoms with Crippen molar-refractivity contribution in [3.05, 3.63) is 29.3 Å². The van der Waals surface area contributed by atoms with E-state index in [1.807, 2.05) is 0 Å². The number of rotatable bonds is 3. The van der Waals surface area contributed by atoms with E-state index < -0.39 is 17.6 Å². The number of methoxy groups -OCH3 is 1. The highest BCUT2D eigenvalue weighted by atomic mass is 19.2. The molecule has 0 aliphatic carbocycles. The third-order valence-electron chi connectivity index (χ3n) is 3.66. The highest BCUT2D eigenvalue weighted by Gasteiger charge is 2.25. The third kappa shape index (κ3) is 2.75. The van der Waals surface area contributed by atoms with Gasteiger partial charge in [-0.2, -0.15) is 0 Å². The van der Waals surface area contributed by atoms with E-state index in [4.69, 9.17) is 5.73 Å². The molecule has 20 heavy (non-hydrogen) atoms. The van der Waals surface area contributed by atoms with Gasteiger partial charge in [-0.05, 0) is 37.4 Å². The van der Waals surface area contributed by atoms with Crippen LogP contribution in [0.5, 0.6) is 0 Å². The van der Waals surface area contributed by atoms with Gasteiger partial charge in [0, 0.05) is 13.1 Å². The molecule has 1 unspecified atom stereocenters. The van der Waals surface area contributed by atoms with Gasteiger partial charge in [-0.3, -0.25) is 0 Å². The molecule has 4 nitrogen and oxygen atoms in total. The summed E-state index contributed by atoms with van der Waals surface area (Å²) in [5, 5.41) is 0. The zero-order chi connectivity index (χ0) is 14.7. The van der Waals surface area contributed by atoms with Crippen LogP contribution >= 0.6 is 0 Å². The van der Waals surface area contributed by atoms with Crippen LogP contribution in [0.25, 0.3) is 0 Å². The van der Waals surface area contributed by atoms with Crippen molar-refractivity contribution in [1.29, 1.82) is 0 Å². The number of halogens is 2. The second-order valence-electron chi connectivity index (χ2n) is 4.94.